The Kier molecular flexibility index (Phi) is 3.09. The average Bonchev–Trinajstić information content (AvgIpc) is 2.40. The molecule has 20 heavy (non-hydrogen) atoms. The van der Waals surface area contributed by atoms with Crippen molar-refractivity contribution in [2.24, 2.45) is 0 Å². The van der Waals surface area contributed by atoms with Gasteiger partial charge < -0.3 is 4.90 Å². The first-order chi connectivity index (χ1) is 9.58. The van der Waals surface area contributed by atoms with E-state index in [-0.39, 0.29) is 5.91 Å². The highest BCUT2D eigenvalue weighted by molar-refractivity contribution is 6.08. The van der Waals surface area contributed by atoms with Gasteiger partial charge >= 0.3 is 0 Å². The standard InChI is InChI=1S/C18H19NO/c1-12-10-13(2)17(14(3)11-12)19-9-8-15-6-4-5-7-16(15)18(19)20/h4-7,10-11H,8-9H2,1-3H3. The molecular formula is C18H19NO. The summed E-state index contributed by atoms with van der Waals surface area (Å²) in [5.74, 6) is 0.127. The van der Waals surface area contributed by atoms with E-state index >= 15 is 0 Å². The van der Waals surface area contributed by atoms with Gasteiger partial charge in [0.15, 0.2) is 0 Å². The monoisotopic (exact) mass is 265 g/mol. The van der Waals surface area contributed by atoms with Gasteiger partial charge in [0, 0.05) is 17.8 Å². The van der Waals surface area contributed by atoms with E-state index in [0.29, 0.717) is 0 Å². The van der Waals surface area contributed by atoms with Gasteiger partial charge in [-0.3, -0.25) is 4.79 Å². The summed E-state index contributed by atoms with van der Waals surface area (Å²) in [6, 6.07) is 12.2. The van der Waals surface area contributed by atoms with Gasteiger partial charge in [-0.05, 0) is 49.9 Å². The lowest BCUT2D eigenvalue weighted by Gasteiger charge is -2.31. The second-order valence-electron chi connectivity index (χ2n) is 5.61. The lowest BCUT2D eigenvalue weighted by molar-refractivity contribution is 0.0980. The summed E-state index contributed by atoms with van der Waals surface area (Å²) in [6.45, 7) is 7.03. The largest absolute Gasteiger partial charge is 0.307 e. The third kappa shape index (κ3) is 2.01. The number of carbonyl (C=O) groups excluding carboxylic acids is 1. The maximum atomic E-state index is 12.7. The summed E-state index contributed by atoms with van der Waals surface area (Å²) in [7, 11) is 0. The predicted octanol–water partition coefficient (Wildman–Crippen LogP) is 3.81. The van der Waals surface area contributed by atoms with Gasteiger partial charge in [-0.1, -0.05) is 35.9 Å². The molecule has 3 rings (SSSR count). The van der Waals surface area contributed by atoms with Crippen LogP contribution in [0.2, 0.25) is 0 Å². The topological polar surface area (TPSA) is 20.3 Å². The summed E-state index contributed by atoms with van der Waals surface area (Å²) >= 11 is 0. The van der Waals surface area contributed by atoms with Crippen molar-refractivity contribution in [2.45, 2.75) is 27.2 Å². The highest BCUT2D eigenvalue weighted by atomic mass is 16.2. The normalized spacial score (nSPS) is 14.3. The minimum absolute atomic E-state index is 0.127. The average molecular weight is 265 g/mol. The van der Waals surface area contributed by atoms with Crippen LogP contribution in [0.5, 0.6) is 0 Å². The van der Waals surface area contributed by atoms with Crippen molar-refractivity contribution >= 4 is 11.6 Å². The second kappa shape index (κ2) is 4.78. The summed E-state index contributed by atoms with van der Waals surface area (Å²) in [5, 5.41) is 0. The van der Waals surface area contributed by atoms with Crippen LogP contribution in [0.15, 0.2) is 36.4 Å². The second-order valence-corrected chi connectivity index (χ2v) is 5.61. The van der Waals surface area contributed by atoms with Gasteiger partial charge in [0.2, 0.25) is 0 Å². The number of hydrogen-bond donors (Lipinski definition) is 0. The maximum absolute atomic E-state index is 12.7. The lowest BCUT2D eigenvalue weighted by Crippen LogP contribution is -2.38. The Hall–Kier alpha value is -2.09. The smallest absolute Gasteiger partial charge is 0.258 e. The van der Waals surface area contributed by atoms with E-state index < -0.39 is 0 Å². The highest BCUT2D eigenvalue weighted by Crippen LogP contribution is 2.30. The molecule has 2 aromatic rings. The number of carbonyl (C=O) groups is 1. The maximum Gasteiger partial charge on any atom is 0.258 e. The van der Waals surface area contributed by atoms with E-state index in [1.165, 1.54) is 16.7 Å². The zero-order valence-corrected chi connectivity index (χ0v) is 12.2. The Morgan fingerprint density at radius 2 is 1.65 bits per heavy atom. The molecule has 0 atom stereocenters. The van der Waals surface area contributed by atoms with Crippen LogP contribution in [0, 0.1) is 20.8 Å². The Balaban J connectivity index is 2.08. The van der Waals surface area contributed by atoms with Gasteiger partial charge in [-0.25, -0.2) is 0 Å². The van der Waals surface area contributed by atoms with Crippen LogP contribution >= 0.6 is 0 Å². The van der Waals surface area contributed by atoms with E-state index in [0.717, 1.165) is 29.8 Å². The number of aryl methyl sites for hydroxylation is 3. The molecule has 102 valence electrons. The molecule has 0 radical (unpaired) electrons. The third-order valence-corrected chi connectivity index (χ3v) is 4.00. The Labute approximate surface area is 120 Å². The van der Waals surface area contributed by atoms with Crippen LogP contribution in [0.1, 0.15) is 32.6 Å². The van der Waals surface area contributed by atoms with Crippen LogP contribution in [0.4, 0.5) is 5.69 Å². The molecule has 0 spiro atoms. The number of hydrogen-bond acceptors (Lipinski definition) is 1. The molecule has 0 bridgehead atoms. The Morgan fingerprint density at radius 1 is 1.00 bits per heavy atom. The van der Waals surface area contributed by atoms with E-state index in [1.54, 1.807) is 0 Å². The van der Waals surface area contributed by atoms with Crippen molar-refractivity contribution in [3.63, 3.8) is 0 Å². The van der Waals surface area contributed by atoms with Crippen molar-refractivity contribution in [3.8, 4) is 0 Å². The lowest BCUT2D eigenvalue weighted by atomic mass is 9.96. The van der Waals surface area contributed by atoms with E-state index in [4.69, 9.17) is 0 Å². The fraction of sp³-hybridized carbons (Fsp3) is 0.278. The van der Waals surface area contributed by atoms with E-state index in [9.17, 15) is 4.79 Å². The Morgan fingerprint density at radius 3 is 2.35 bits per heavy atom. The number of fused-ring (bicyclic) bond motifs is 1. The molecule has 0 saturated heterocycles. The van der Waals surface area contributed by atoms with Gasteiger partial charge in [0.05, 0.1) is 0 Å². The van der Waals surface area contributed by atoms with Crippen molar-refractivity contribution in [1.82, 2.24) is 0 Å². The number of benzene rings is 2. The molecule has 0 aromatic heterocycles. The molecule has 0 fully saturated rings. The molecule has 0 unspecified atom stereocenters. The SMILES string of the molecule is Cc1cc(C)c(N2CCc3ccccc3C2=O)c(C)c1. The third-order valence-electron chi connectivity index (χ3n) is 4.00. The molecule has 1 amide bonds. The molecule has 2 aromatic carbocycles. The van der Waals surface area contributed by atoms with Crippen LogP contribution in [0.25, 0.3) is 0 Å². The highest BCUT2D eigenvalue weighted by Gasteiger charge is 2.26. The molecular weight excluding hydrogens is 246 g/mol. The van der Waals surface area contributed by atoms with Crippen LogP contribution in [-0.2, 0) is 6.42 Å². The van der Waals surface area contributed by atoms with Gasteiger partial charge in [-0.2, -0.15) is 0 Å². The molecule has 0 saturated carbocycles. The zero-order chi connectivity index (χ0) is 14.3. The van der Waals surface area contributed by atoms with Crippen LogP contribution in [0.3, 0.4) is 0 Å². The zero-order valence-electron chi connectivity index (χ0n) is 12.2. The number of amides is 1. The quantitative estimate of drug-likeness (QED) is 0.767. The molecule has 1 aliphatic heterocycles. The van der Waals surface area contributed by atoms with Gasteiger partial charge in [-0.15, -0.1) is 0 Å². The van der Waals surface area contributed by atoms with Gasteiger partial charge in [0.25, 0.3) is 5.91 Å². The summed E-state index contributed by atoms with van der Waals surface area (Å²) in [4.78, 5) is 14.7. The first-order valence-electron chi connectivity index (χ1n) is 7.05. The molecule has 0 N–H and O–H groups in total. The van der Waals surface area contributed by atoms with Crippen molar-refractivity contribution in [2.75, 3.05) is 11.4 Å². The molecule has 1 aliphatic rings. The van der Waals surface area contributed by atoms with E-state index in [1.807, 2.05) is 23.1 Å². The van der Waals surface area contributed by atoms with E-state index in [2.05, 4.69) is 39.0 Å². The number of rotatable bonds is 1. The summed E-state index contributed by atoms with van der Waals surface area (Å²) in [6.07, 6.45) is 0.925. The van der Waals surface area contributed by atoms with Crippen LogP contribution in [-0.4, -0.2) is 12.5 Å². The molecule has 0 aliphatic carbocycles. The summed E-state index contributed by atoms with van der Waals surface area (Å²) in [5.41, 5.74) is 6.68. The summed E-state index contributed by atoms with van der Waals surface area (Å²) < 4.78 is 0. The Bertz CT molecular complexity index is 665. The molecule has 2 nitrogen and oxygen atoms in total. The first-order valence-corrected chi connectivity index (χ1v) is 7.05. The first kappa shape index (κ1) is 12.9. The molecule has 2 heteroatoms. The van der Waals surface area contributed by atoms with Crippen LogP contribution < -0.4 is 4.90 Å². The van der Waals surface area contributed by atoms with Crippen molar-refractivity contribution in [3.05, 3.63) is 64.2 Å². The molecule has 1 heterocycles. The minimum atomic E-state index is 0.127. The van der Waals surface area contributed by atoms with Gasteiger partial charge in [0.1, 0.15) is 0 Å². The van der Waals surface area contributed by atoms with Crippen molar-refractivity contribution in [1.29, 1.82) is 0 Å². The number of nitrogens with zero attached hydrogens (tertiary/aromatic N) is 1. The predicted molar refractivity (Wildman–Crippen MR) is 82.5 cm³/mol. The minimum Gasteiger partial charge on any atom is -0.307 e. The fourth-order valence-electron chi connectivity index (χ4n) is 3.24. The van der Waals surface area contributed by atoms with Crippen molar-refractivity contribution < 1.29 is 4.79 Å². The number of anilines is 1. The fourth-order valence-corrected chi connectivity index (χ4v) is 3.24.